The maximum Gasteiger partial charge on any atom is 0.196 e. The molecule has 0 amide bonds. The van der Waals surface area contributed by atoms with Crippen LogP contribution in [0, 0.1) is 32.4 Å². The molecule has 98 valence electrons. The Kier molecular flexibility index (Phi) is 3.47. The van der Waals surface area contributed by atoms with E-state index >= 15 is 0 Å². The van der Waals surface area contributed by atoms with Crippen LogP contribution in [-0.4, -0.2) is 5.78 Å². The molecule has 1 nitrogen and oxygen atoms in total. The monoisotopic (exact) mass is 260 g/mol. The zero-order valence-corrected chi connectivity index (χ0v) is 11.1. The van der Waals surface area contributed by atoms with Crippen molar-refractivity contribution in [1.82, 2.24) is 0 Å². The van der Waals surface area contributed by atoms with Gasteiger partial charge < -0.3 is 0 Å². The van der Waals surface area contributed by atoms with Crippen LogP contribution in [0.15, 0.2) is 30.3 Å². The van der Waals surface area contributed by atoms with E-state index in [0.29, 0.717) is 22.3 Å². The average Bonchev–Trinajstić information content (AvgIpc) is 2.31. The van der Waals surface area contributed by atoms with Crippen molar-refractivity contribution in [3.63, 3.8) is 0 Å². The van der Waals surface area contributed by atoms with Crippen LogP contribution < -0.4 is 0 Å². The highest BCUT2D eigenvalue weighted by Crippen LogP contribution is 2.22. The zero-order chi connectivity index (χ0) is 14.2. The van der Waals surface area contributed by atoms with Crippen molar-refractivity contribution < 1.29 is 13.6 Å². The molecule has 0 aromatic heterocycles. The highest BCUT2D eigenvalue weighted by molar-refractivity contribution is 6.11. The van der Waals surface area contributed by atoms with Crippen molar-refractivity contribution in [2.75, 3.05) is 0 Å². The lowest BCUT2D eigenvalue weighted by Crippen LogP contribution is -2.09. The number of benzene rings is 2. The number of ketones is 1. The largest absolute Gasteiger partial charge is 0.288 e. The summed E-state index contributed by atoms with van der Waals surface area (Å²) in [4.78, 5) is 12.4. The van der Waals surface area contributed by atoms with Crippen LogP contribution in [0.25, 0.3) is 0 Å². The standard InChI is InChI=1S/C16H14F2O/c1-9-5-4-6-13(15(9)18)16(19)14-10(2)7-12(17)8-11(14)3/h4-8H,1-3H3. The molecule has 19 heavy (non-hydrogen) atoms. The van der Waals surface area contributed by atoms with Gasteiger partial charge in [-0.2, -0.15) is 0 Å². The molecule has 0 aliphatic rings. The molecule has 2 aromatic rings. The van der Waals surface area contributed by atoms with E-state index in [0.717, 1.165) is 0 Å². The van der Waals surface area contributed by atoms with Crippen LogP contribution in [0.5, 0.6) is 0 Å². The van der Waals surface area contributed by atoms with Gasteiger partial charge in [-0.3, -0.25) is 4.79 Å². The summed E-state index contributed by atoms with van der Waals surface area (Å²) in [5, 5.41) is 0. The van der Waals surface area contributed by atoms with Gasteiger partial charge in [0.05, 0.1) is 5.56 Å². The molecule has 0 unspecified atom stereocenters. The van der Waals surface area contributed by atoms with Crippen LogP contribution in [0.2, 0.25) is 0 Å². The third-order valence-corrected chi connectivity index (χ3v) is 3.16. The molecular weight excluding hydrogens is 246 g/mol. The highest BCUT2D eigenvalue weighted by Gasteiger charge is 2.19. The molecule has 0 fully saturated rings. The Labute approximate surface area is 110 Å². The van der Waals surface area contributed by atoms with E-state index in [4.69, 9.17) is 0 Å². The van der Waals surface area contributed by atoms with E-state index in [-0.39, 0.29) is 5.56 Å². The van der Waals surface area contributed by atoms with Crippen LogP contribution >= 0.6 is 0 Å². The molecule has 0 atom stereocenters. The second-order valence-electron chi connectivity index (χ2n) is 4.68. The molecule has 0 heterocycles. The van der Waals surface area contributed by atoms with Gasteiger partial charge >= 0.3 is 0 Å². The lowest BCUT2D eigenvalue weighted by Gasteiger charge is -2.10. The first kappa shape index (κ1) is 13.4. The Morgan fingerprint density at radius 1 is 0.947 bits per heavy atom. The van der Waals surface area contributed by atoms with E-state index < -0.39 is 17.4 Å². The molecular formula is C16H14F2O. The first-order valence-electron chi connectivity index (χ1n) is 5.98. The number of carbonyl (C=O) groups excluding carboxylic acids is 1. The van der Waals surface area contributed by atoms with Crippen molar-refractivity contribution in [2.45, 2.75) is 20.8 Å². The first-order chi connectivity index (χ1) is 8.91. The molecule has 2 rings (SSSR count). The van der Waals surface area contributed by atoms with E-state index in [1.165, 1.54) is 18.2 Å². The Balaban J connectivity index is 2.60. The van der Waals surface area contributed by atoms with Gasteiger partial charge in [0.15, 0.2) is 5.78 Å². The van der Waals surface area contributed by atoms with Gasteiger partial charge in [-0.25, -0.2) is 8.78 Å². The Morgan fingerprint density at radius 3 is 2.11 bits per heavy atom. The molecule has 0 N–H and O–H groups in total. The maximum absolute atomic E-state index is 14.0. The van der Waals surface area contributed by atoms with Crippen LogP contribution in [0.4, 0.5) is 8.78 Å². The van der Waals surface area contributed by atoms with Gasteiger partial charge in [0, 0.05) is 5.56 Å². The smallest absolute Gasteiger partial charge is 0.196 e. The summed E-state index contributed by atoms with van der Waals surface area (Å²) in [6, 6.07) is 7.27. The Morgan fingerprint density at radius 2 is 1.53 bits per heavy atom. The second kappa shape index (κ2) is 4.92. The number of rotatable bonds is 2. The zero-order valence-electron chi connectivity index (χ0n) is 11.1. The van der Waals surface area contributed by atoms with Gasteiger partial charge in [0.2, 0.25) is 0 Å². The van der Waals surface area contributed by atoms with Gasteiger partial charge in [0.25, 0.3) is 0 Å². The van der Waals surface area contributed by atoms with Crippen molar-refractivity contribution in [3.05, 3.63) is 69.8 Å². The normalized spacial score (nSPS) is 10.6. The SMILES string of the molecule is Cc1cccc(C(=O)c2c(C)cc(F)cc2C)c1F. The minimum absolute atomic E-state index is 0.0257. The number of aryl methyl sites for hydroxylation is 3. The fourth-order valence-electron chi connectivity index (χ4n) is 2.23. The Bertz CT molecular complexity index is 637. The number of hydrogen-bond donors (Lipinski definition) is 0. The summed E-state index contributed by atoms with van der Waals surface area (Å²) in [7, 11) is 0. The molecule has 0 saturated carbocycles. The van der Waals surface area contributed by atoms with E-state index in [1.807, 2.05) is 0 Å². The molecule has 0 saturated heterocycles. The molecule has 0 aliphatic carbocycles. The van der Waals surface area contributed by atoms with Crippen molar-refractivity contribution >= 4 is 5.78 Å². The van der Waals surface area contributed by atoms with Gasteiger partial charge in [0.1, 0.15) is 11.6 Å². The van der Waals surface area contributed by atoms with Crippen molar-refractivity contribution in [2.24, 2.45) is 0 Å². The molecule has 0 radical (unpaired) electrons. The minimum atomic E-state index is -0.518. The van der Waals surface area contributed by atoms with E-state index in [9.17, 15) is 13.6 Å². The predicted molar refractivity (Wildman–Crippen MR) is 70.4 cm³/mol. The number of carbonyl (C=O) groups is 1. The molecule has 2 aromatic carbocycles. The third kappa shape index (κ3) is 2.41. The maximum atomic E-state index is 14.0. The van der Waals surface area contributed by atoms with E-state index in [2.05, 4.69) is 0 Å². The summed E-state index contributed by atoms with van der Waals surface area (Å²) in [5.74, 6) is -1.32. The fraction of sp³-hybridized carbons (Fsp3) is 0.188. The average molecular weight is 260 g/mol. The third-order valence-electron chi connectivity index (χ3n) is 3.16. The van der Waals surface area contributed by atoms with Crippen LogP contribution in [-0.2, 0) is 0 Å². The lowest BCUT2D eigenvalue weighted by molar-refractivity contribution is 0.103. The lowest BCUT2D eigenvalue weighted by atomic mass is 9.93. The molecule has 3 heteroatoms. The quantitative estimate of drug-likeness (QED) is 0.742. The van der Waals surface area contributed by atoms with Crippen molar-refractivity contribution in [3.8, 4) is 0 Å². The second-order valence-corrected chi connectivity index (χ2v) is 4.68. The van der Waals surface area contributed by atoms with Gasteiger partial charge in [-0.1, -0.05) is 12.1 Å². The molecule has 0 aliphatic heterocycles. The number of halogens is 2. The van der Waals surface area contributed by atoms with Gasteiger partial charge in [-0.05, 0) is 55.7 Å². The summed E-state index contributed by atoms with van der Waals surface area (Å²) < 4.78 is 27.2. The van der Waals surface area contributed by atoms with Crippen LogP contribution in [0.1, 0.15) is 32.6 Å². The first-order valence-corrected chi connectivity index (χ1v) is 5.98. The number of hydrogen-bond acceptors (Lipinski definition) is 1. The van der Waals surface area contributed by atoms with E-state index in [1.54, 1.807) is 32.9 Å². The molecule has 0 bridgehead atoms. The molecule has 0 spiro atoms. The Hall–Kier alpha value is -2.03. The summed E-state index contributed by atoms with van der Waals surface area (Å²) in [5.41, 5.74) is 1.85. The summed E-state index contributed by atoms with van der Waals surface area (Å²) >= 11 is 0. The summed E-state index contributed by atoms with van der Waals surface area (Å²) in [6.45, 7) is 4.91. The topological polar surface area (TPSA) is 17.1 Å². The highest BCUT2D eigenvalue weighted by atomic mass is 19.1. The fourth-order valence-corrected chi connectivity index (χ4v) is 2.23. The minimum Gasteiger partial charge on any atom is -0.288 e. The van der Waals surface area contributed by atoms with Gasteiger partial charge in [-0.15, -0.1) is 0 Å². The van der Waals surface area contributed by atoms with Crippen molar-refractivity contribution in [1.29, 1.82) is 0 Å². The summed E-state index contributed by atoms with van der Waals surface area (Å²) in [6.07, 6.45) is 0. The predicted octanol–water partition coefficient (Wildman–Crippen LogP) is 4.12. The van der Waals surface area contributed by atoms with Crippen LogP contribution in [0.3, 0.4) is 0 Å².